The van der Waals surface area contributed by atoms with E-state index < -0.39 is 5.91 Å². The molecule has 0 bridgehead atoms. The van der Waals surface area contributed by atoms with Crippen LogP contribution in [0, 0.1) is 0 Å². The van der Waals surface area contributed by atoms with Crippen molar-refractivity contribution in [3.63, 3.8) is 0 Å². The third-order valence-electron chi connectivity index (χ3n) is 4.35. The minimum atomic E-state index is -0.395. The van der Waals surface area contributed by atoms with Gasteiger partial charge in [0, 0.05) is 23.4 Å². The zero-order chi connectivity index (χ0) is 22.5. The van der Waals surface area contributed by atoms with E-state index in [4.69, 9.17) is 27.6 Å². The third-order valence-corrected chi connectivity index (χ3v) is 5.89. The minimum Gasteiger partial charge on any atom is -0.441 e. The number of hydrazine groups is 1. The number of fused-ring (bicyclic) bond motifs is 1. The molecule has 0 aliphatic rings. The molecule has 0 aliphatic heterocycles. The first kappa shape index (κ1) is 22.1. The van der Waals surface area contributed by atoms with Gasteiger partial charge in [-0.25, -0.2) is 9.97 Å². The van der Waals surface area contributed by atoms with Crippen LogP contribution in [-0.4, -0.2) is 28.3 Å². The van der Waals surface area contributed by atoms with E-state index in [1.807, 2.05) is 24.3 Å². The lowest BCUT2D eigenvalue weighted by Gasteiger charge is -2.07. The predicted molar refractivity (Wildman–Crippen MR) is 125 cm³/mol. The Kier molecular flexibility index (Phi) is 6.89. The zero-order valence-corrected chi connectivity index (χ0v) is 18.9. The van der Waals surface area contributed by atoms with Gasteiger partial charge in [-0.1, -0.05) is 46.7 Å². The van der Waals surface area contributed by atoms with Crippen molar-refractivity contribution in [2.75, 3.05) is 11.9 Å². The predicted octanol–water partition coefficient (Wildman–Crippen LogP) is 4.45. The summed E-state index contributed by atoms with van der Waals surface area (Å²) in [6.07, 6.45) is 1.88. The van der Waals surface area contributed by atoms with E-state index in [-0.39, 0.29) is 25.3 Å². The number of nitrogens with one attached hydrogen (secondary N) is 3. The van der Waals surface area contributed by atoms with Gasteiger partial charge in [0.2, 0.25) is 5.91 Å². The minimum absolute atomic E-state index is 0.0228. The van der Waals surface area contributed by atoms with Crippen molar-refractivity contribution in [3.05, 3.63) is 64.6 Å². The number of hydrogen-bond donors (Lipinski definition) is 3. The summed E-state index contributed by atoms with van der Waals surface area (Å²) in [4.78, 5) is 32.5. The number of thiazole rings is 1. The number of aryl methyl sites for hydroxylation is 1. The van der Waals surface area contributed by atoms with E-state index in [1.54, 1.807) is 18.2 Å². The fourth-order valence-electron chi connectivity index (χ4n) is 2.81. The van der Waals surface area contributed by atoms with Crippen molar-refractivity contribution >= 4 is 61.7 Å². The molecule has 4 rings (SSSR count). The van der Waals surface area contributed by atoms with Crippen LogP contribution in [0.3, 0.4) is 0 Å². The molecule has 2 amide bonds. The number of amides is 2. The largest absolute Gasteiger partial charge is 0.441 e. The van der Waals surface area contributed by atoms with E-state index in [2.05, 4.69) is 26.1 Å². The molecule has 2 heterocycles. The molecule has 4 aromatic rings. The van der Waals surface area contributed by atoms with Crippen LogP contribution in [0.2, 0.25) is 10.0 Å². The van der Waals surface area contributed by atoms with Gasteiger partial charge in [0.1, 0.15) is 0 Å². The summed E-state index contributed by atoms with van der Waals surface area (Å²) >= 11 is 13.5. The number of anilines is 1. The molecule has 11 heteroatoms. The van der Waals surface area contributed by atoms with Gasteiger partial charge in [0.25, 0.3) is 5.91 Å². The molecule has 32 heavy (non-hydrogen) atoms. The summed E-state index contributed by atoms with van der Waals surface area (Å²) in [6.45, 7) is -0.0228. The number of para-hydroxylation sites is 1. The summed E-state index contributed by atoms with van der Waals surface area (Å²) in [5, 5.41) is 4.54. The molecule has 0 saturated heterocycles. The molecule has 0 radical (unpaired) electrons. The Morgan fingerprint density at radius 3 is 2.69 bits per heavy atom. The fourth-order valence-corrected chi connectivity index (χ4v) is 4.17. The van der Waals surface area contributed by atoms with Crippen molar-refractivity contribution in [2.24, 2.45) is 0 Å². The van der Waals surface area contributed by atoms with Gasteiger partial charge in [-0.05, 0) is 30.3 Å². The SMILES string of the molecule is O=C(CCc1ncc(-c2ccc(Cl)cc2Cl)o1)NNC(=O)CNc1nc2ccccc2s1. The number of nitrogens with zero attached hydrogens (tertiary/aromatic N) is 2. The Hall–Kier alpha value is -3.14. The molecular weight excluding hydrogens is 473 g/mol. The van der Waals surface area contributed by atoms with E-state index in [1.165, 1.54) is 17.5 Å². The third kappa shape index (κ3) is 5.56. The second kappa shape index (κ2) is 9.99. The maximum absolute atomic E-state index is 12.0. The summed E-state index contributed by atoms with van der Waals surface area (Å²) in [7, 11) is 0. The highest BCUT2D eigenvalue weighted by Gasteiger charge is 2.12. The monoisotopic (exact) mass is 489 g/mol. The van der Waals surface area contributed by atoms with Crippen LogP contribution in [0.25, 0.3) is 21.5 Å². The lowest BCUT2D eigenvalue weighted by Crippen LogP contribution is -2.44. The van der Waals surface area contributed by atoms with Crippen LogP contribution in [0.5, 0.6) is 0 Å². The number of oxazole rings is 1. The first-order valence-corrected chi connectivity index (χ1v) is 11.1. The maximum atomic E-state index is 12.0. The van der Waals surface area contributed by atoms with E-state index in [0.29, 0.717) is 32.4 Å². The van der Waals surface area contributed by atoms with Crippen LogP contribution in [0.1, 0.15) is 12.3 Å². The number of carbonyl (C=O) groups is 2. The molecule has 0 unspecified atom stereocenters. The molecule has 0 fully saturated rings. The van der Waals surface area contributed by atoms with Crippen LogP contribution >= 0.6 is 34.5 Å². The Labute approximate surface area is 196 Å². The van der Waals surface area contributed by atoms with Gasteiger partial charge in [-0.15, -0.1) is 0 Å². The number of carbonyl (C=O) groups excluding carboxylic acids is 2. The smallest absolute Gasteiger partial charge is 0.257 e. The highest BCUT2D eigenvalue weighted by Crippen LogP contribution is 2.31. The van der Waals surface area contributed by atoms with Crippen LogP contribution < -0.4 is 16.2 Å². The molecule has 2 aromatic carbocycles. The molecule has 0 atom stereocenters. The topological polar surface area (TPSA) is 109 Å². The summed E-state index contributed by atoms with van der Waals surface area (Å²) < 4.78 is 6.68. The highest BCUT2D eigenvalue weighted by molar-refractivity contribution is 7.22. The van der Waals surface area contributed by atoms with Gasteiger partial charge in [-0.3, -0.25) is 20.4 Å². The molecule has 0 aliphatic carbocycles. The number of aromatic nitrogens is 2. The molecule has 3 N–H and O–H groups in total. The number of halogens is 2. The number of hydrogen-bond acceptors (Lipinski definition) is 7. The second-order valence-corrected chi connectivity index (χ2v) is 8.55. The van der Waals surface area contributed by atoms with E-state index in [9.17, 15) is 9.59 Å². The zero-order valence-electron chi connectivity index (χ0n) is 16.5. The average Bonchev–Trinajstić information content (AvgIpc) is 3.41. The Bertz CT molecular complexity index is 1240. The van der Waals surface area contributed by atoms with E-state index in [0.717, 1.165) is 10.2 Å². The van der Waals surface area contributed by atoms with Crippen molar-refractivity contribution in [1.29, 1.82) is 0 Å². The van der Waals surface area contributed by atoms with Crippen LogP contribution in [-0.2, 0) is 16.0 Å². The van der Waals surface area contributed by atoms with Crippen molar-refractivity contribution in [2.45, 2.75) is 12.8 Å². The first-order valence-electron chi connectivity index (χ1n) is 9.55. The Morgan fingerprint density at radius 2 is 1.88 bits per heavy atom. The van der Waals surface area contributed by atoms with Gasteiger partial charge in [0.05, 0.1) is 28.0 Å². The first-order chi connectivity index (χ1) is 15.5. The molecule has 2 aromatic heterocycles. The molecule has 0 spiro atoms. The van der Waals surface area contributed by atoms with Crippen LogP contribution in [0.15, 0.2) is 53.1 Å². The summed E-state index contributed by atoms with van der Waals surface area (Å²) in [6, 6.07) is 12.7. The van der Waals surface area contributed by atoms with Crippen molar-refractivity contribution in [3.8, 4) is 11.3 Å². The van der Waals surface area contributed by atoms with Gasteiger partial charge >= 0.3 is 0 Å². The van der Waals surface area contributed by atoms with E-state index >= 15 is 0 Å². The Morgan fingerprint density at radius 1 is 1.06 bits per heavy atom. The fraction of sp³-hybridized carbons (Fsp3) is 0.143. The quantitative estimate of drug-likeness (QED) is 0.331. The average molecular weight is 490 g/mol. The molecular formula is C21H17Cl2N5O3S. The lowest BCUT2D eigenvalue weighted by molar-refractivity contribution is -0.128. The normalized spacial score (nSPS) is 10.8. The molecule has 8 nitrogen and oxygen atoms in total. The number of benzene rings is 2. The summed E-state index contributed by atoms with van der Waals surface area (Å²) in [5.41, 5.74) is 6.25. The Balaban J connectivity index is 1.20. The number of rotatable bonds is 7. The second-order valence-electron chi connectivity index (χ2n) is 6.68. The van der Waals surface area contributed by atoms with Gasteiger partial charge in [0.15, 0.2) is 16.8 Å². The van der Waals surface area contributed by atoms with Crippen molar-refractivity contribution < 1.29 is 14.0 Å². The van der Waals surface area contributed by atoms with Gasteiger partial charge < -0.3 is 9.73 Å². The maximum Gasteiger partial charge on any atom is 0.257 e. The lowest BCUT2D eigenvalue weighted by atomic mass is 10.2. The molecule has 164 valence electrons. The molecule has 0 saturated carbocycles. The standard InChI is InChI=1S/C21H17Cl2N5O3S/c22-12-5-6-13(14(23)9-12)16-10-24-20(31-16)8-7-18(29)27-28-19(30)11-25-21-26-15-3-1-2-4-17(15)32-21/h1-6,9-10H,7-8,11H2,(H,25,26)(H,27,29)(H,28,30). The van der Waals surface area contributed by atoms with Crippen LogP contribution in [0.4, 0.5) is 5.13 Å². The van der Waals surface area contributed by atoms with Crippen molar-refractivity contribution in [1.82, 2.24) is 20.8 Å². The highest BCUT2D eigenvalue weighted by atomic mass is 35.5. The van der Waals surface area contributed by atoms with Gasteiger partial charge in [-0.2, -0.15) is 0 Å². The summed E-state index contributed by atoms with van der Waals surface area (Å²) in [5.74, 6) is 0.0947.